The molecule has 0 radical (unpaired) electrons. The first-order valence-electron chi connectivity index (χ1n) is 5.25. The lowest BCUT2D eigenvalue weighted by molar-refractivity contribution is -0.141. The molecule has 0 aliphatic heterocycles. The highest BCUT2D eigenvalue weighted by Gasteiger charge is 2.14. The predicted molar refractivity (Wildman–Crippen MR) is 69.6 cm³/mol. The number of hydrogen-bond donors (Lipinski definition) is 1. The Morgan fingerprint density at radius 3 is 2.65 bits per heavy atom. The van der Waals surface area contributed by atoms with Gasteiger partial charge in [0.1, 0.15) is 0 Å². The molecule has 0 spiro atoms. The molecule has 0 aromatic heterocycles. The number of nitrogens with zero attached hydrogens (tertiary/aromatic N) is 1. The van der Waals surface area contributed by atoms with Crippen LogP contribution < -0.4 is 0 Å². The van der Waals surface area contributed by atoms with Crippen LogP contribution in [0.4, 0.5) is 0 Å². The van der Waals surface area contributed by atoms with Crippen LogP contribution in [0.1, 0.15) is 12.5 Å². The summed E-state index contributed by atoms with van der Waals surface area (Å²) in [6.07, 6.45) is 0. The minimum atomic E-state index is -0.793. The van der Waals surface area contributed by atoms with Crippen LogP contribution in [0, 0.1) is 5.92 Å². The van der Waals surface area contributed by atoms with Crippen LogP contribution in [0.5, 0.6) is 0 Å². The lowest BCUT2D eigenvalue weighted by atomic mass is 10.1. The summed E-state index contributed by atoms with van der Waals surface area (Å²) in [5.41, 5.74) is 0.941. The molecule has 1 atom stereocenters. The molecular weight excluding hydrogens is 261 g/mol. The molecule has 1 aromatic rings. The molecule has 0 saturated heterocycles. The molecule has 0 fully saturated rings. The predicted octanol–water partition coefficient (Wildman–Crippen LogP) is 3.15. The Balaban J connectivity index is 2.62. The number of rotatable bonds is 5. The van der Waals surface area contributed by atoms with E-state index < -0.39 is 11.9 Å². The van der Waals surface area contributed by atoms with Gasteiger partial charge in [0.15, 0.2) is 0 Å². The summed E-state index contributed by atoms with van der Waals surface area (Å²) in [6, 6.07) is 5.32. The van der Waals surface area contributed by atoms with Crippen molar-refractivity contribution in [3.8, 4) is 0 Å². The number of carboxylic acids is 1. The van der Waals surface area contributed by atoms with E-state index in [4.69, 9.17) is 28.3 Å². The largest absolute Gasteiger partial charge is 0.481 e. The van der Waals surface area contributed by atoms with Gasteiger partial charge in [0.25, 0.3) is 0 Å². The van der Waals surface area contributed by atoms with Gasteiger partial charge in [0.2, 0.25) is 0 Å². The topological polar surface area (TPSA) is 40.5 Å². The van der Waals surface area contributed by atoms with Crippen LogP contribution in [0.15, 0.2) is 18.2 Å². The lowest BCUT2D eigenvalue weighted by Crippen LogP contribution is -2.28. The quantitative estimate of drug-likeness (QED) is 0.898. The fourth-order valence-corrected chi connectivity index (χ4v) is 2.02. The van der Waals surface area contributed by atoms with Crippen molar-refractivity contribution in [2.45, 2.75) is 13.5 Å². The van der Waals surface area contributed by atoms with E-state index in [1.165, 1.54) is 0 Å². The second-order valence-corrected chi connectivity index (χ2v) is 5.02. The summed E-state index contributed by atoms with van der Waals surface area (Å²) in [5, 5.41) is 10.0. The van der Waals surface area contributed by atoms with E-state index in [9.17, 15) is 4.79 Å². The monoisotopic (exact) mass is 275 g/mol. The maximum atomic E-state index is 10.7. The van der Waals surface area contributed by atoms with E-state index in [0.717, 1.165) is 5.56 Å². The first kappa shape index (κ1) is 14.3. The molecule has 0 amide bonds. The van der Waals surface area contributed by atoms with Crippen LogP contribution >= 0.6 is 23.2 Å². The summed E-state index contributed by atoms with van der Waals surface area (Å²) in [6.45, 7) is 2.77. The Morgan fingerprint density at radius 1 is 1.47 bits per heavy atom. The SMILES string of the molecule is CC(CN(C)Cc1ccc(Cl)cc1Cl)C(=O)O. The van der Waals surface area contributed by atoms with Crippen LogP contribution in [0.25, 0.3) is 0 Å². The number of halogens is 2. The summed E-state index contributed by atoms with van der Waals surface area (Å²) >= 11 is 11.8. The van der Waals surface area contributed by atoms with Crippen molar-refractivity contribution in [1.29, 1.82) is 0 Å². The Hall–Kier alpha value is -0.770. The molecule has 1 N–H and O–H groups in total. The van der Waals surface area contributed by atoms with E-state index in [2.05, 4.69) is 0 Å². The van der Waals surface area contributed by atoms with Gasteiger partial charge >= 0.3 is 5.97 Å². The standard InChI is InChI=1S/C12H15Cl2NO2/c1-8(12(16)17)6-15(2)7-9-3-4-10(13)5-11(9)14/h3-5,8H,6-7H2,1-2H3,(H,16,17). The fraction of sp³-hybridized carbons (Fsp3) is 0.417. The van der Waals surface area contributed by atoms with Gasteiger partial charge in [-0.2, -0.15) is 0 Å². The van der Waals surface area contributed by atoms with Gasteiger partial charge in [-0.3, -0.25) is 4.79 Å². The molecule has 5 heteroatoms. The smallest absolute Gasteiger partial charge is 0.307 e. The third kappa shape index (κ3) is 4.54. The molecule has 1 unspecified atom stereocenters. The van der Waals surface area contributed by atoms with E-state index in [1.807, 2.05) is 18.0 Å². The van der Waals surface area contributed by atoms with Gasteiger partial charge in [-0.1, -0.05) is 36.2 Å². The number of aliphatic carboxylic acids is 1. The van der Waals surface area contributed by atoms with E-state index in [1.54, 1.807) is 19.1 Å². The number of benzene rings is 1. The molecule has 1 rings (SSSR count). The van der Waals surface area contributed by atoms with Crippen molar-refractivity contribution in [1.82, 2.24) is 4.90 Å². The Kier molecular flexibility index (Phi) is 5.25. The summed E-state index contributed by atoms with van der Waals surface area (Å²) < 4.78 is 0. The maximum absolute atomic E-state index is 10.7. The van der Waals surface area contributed by atoms with Crippen molar-refractivity contribution in [3.05, 3.63) is 33.8 Å². The molecule has 0 aliphatic carbocycles. The van der Waals surface area contributed by atoms with Crippen molar-refractivity contribution in [3.63, 3.8) is 0 Å². The number of carbonyl (C=O) groups is 1. The highest BCUT2D eigenvalue weighted by Crippen LogP contribution is 2.22. The Bertz CT molecular complexity index is 409. The number of hydrogen-bond acceptors (Lipinski definition) is 2. The normalized spacial score (nSPS) is 12.8. The molecule has 3 nitrogen and oxygen atoms in total. The lowest BCUT2D eigenvalue weighted by Gasteiger charge is -2.19. The highest BCUT2D eigenvalue weighted by atomic mass is 35.5. The van der Waals surface area contributed by atoms with Gasteiger partial charge in [-0.05, 0) is 24.7 Å². The van der Waals surface area contributed by atoms with Gasteiger partial charge in [-0.15, -0.1) is 0 Å². The summed E-state index contributed by atoms with van der Waals surface area (Å²) in [5.74, 6) is -1.19. The van der Waals surface area contributed by atoms with Crippen LogP contribution in [0.3, 0.4) is 0 Å². The minimum Gasteiger partial charge on any atom is -0.481 e. The van der Waals surface area contributed by atoms with Gasteiger partial charge in [0, 0.05) is 23.1 Å². The Labute approximate surface area is 111 Å². The second kappa shape index (κ2) is 6.24. The fourth-order valence-electron chi connectivity index (χ4n) is 1.55. The molecule has 0 bridgehead atoms. The van der Waals surface area contributed by atoms with Gasteiger partial charge in [-0.25, -0.2) is 0 Å². The van der Waals surface area contributed by atoms with Crippen molar-refractivity contribution in [2.75, 3.05) is 13.6 Å². The third-order valence-corrected chi connectivity index (χ3v) is 3.05. The molecule has 1 aromatic carbocycles. The van der Waals surface area contributed by atoms with Crippen LogP contribution in [0.2, 0.25) is 10.0 Å². The molecule has 17 heavy (non-hydrogen) atoms. The van der Waals surface area contributed by atoms with E-state index in [0.29, 0.717) is 23.1 Å². The number of carboxylic acid groups (broad SMARTS) is 1. The van der Waals surface area contributed by atoms with Crippen LogP contribution in [-0.4, -0.2) is 29.6 Å². The minimum absolute atomic E-state index is 0.397. The molecule has 0 heterocycles. The maximum Gasteiger partial charge on any atom is 0.307 e. The molecule has 94 valence electrons. The summed E-state index contributed by atoms with van der Waals surface area (Å²) in [4.78, 5) is 12.7. The highest BCUT2D eigenvalue weighted by molar-refractivity contribution is 6.35. The van der Waals surface area contributed by atoms with Crippen molar-refractivity contribution in [2.24, 2.45) is 5.92 Å². The van der Waals surface area contributed by atoms with Crippen LogP contribution in [-0.2, 0) is 11.3 Å². The average molecular weight is 276 g/mol. The molecule has 0 saturated carbocycles. The van der Waals surface area contributed by atoms with Gasteiger partial charge in [0.05, 0.1) is 5.92 Å². The summed E-state index contributed by atoms with van der Waals surface area (Å²) in [7, 11) is 1.87. The first-order chi connectivity index (χ1) is 7.90. The molecular formula is C12H15Cl2NO2. The second-order valence-electron chi connectivity index (χ2n) is 4.17. The Morgan fingerprint density at radius 2 is 2.12 bits per heavy atom. The molecule has 0 aliphatic rings. The van der Waals surface area contributed by atoms with E-state index in [-0.39, 0.29) is 0 Å². The van der Waals surface area contributed by atoms with E-state index >= 15 is 0 Å². The zero-order valence-electron chi connectivity index (χ0n) is 9.78. The van der Waals surface area contributed by atoms with Crippen molar-refractivity contribution < 1.29 is 9.90 Å². The van der Waals surface area contributed by atoms with Gasteiger partial charge < -0.3 is 10.0 Å². The van der Waals surface area contributed by atoms with Crippen molar-refractivity contribution >= 4 is 29.2 Å². The first-order valence-corrected chi connectivity index (χ1v) is 6.01. The third-order valence-electron chi connectivity index (χ3n) is 2.46. The zero-order chi connectivity index (χ0) is 13.0. The zero-order valence-corrected chi connectivity index (χ0v) is 11.3. The average Bonchev–Trinajstić information content (AvgIpc) is 2.22.